The molecule has 0 aliphatic carbocycles. The fourth-order valence-corrected chi connectivity index (χ4v) is 1.23. The van der Waals surface area contributed by atoms with E-state index < -0.39 is 0 Å². The van der Waals surface area contributed by atoms with Gasteiger partial charge in [-0.3, -0.25) is 4.79 Å². The third-order valence-electron chi connectivity index (χ3n) is 2.14. The van der Waals surface area contributed by atoms with Crippen molar-refractivity contribution in [3.05, 3.63) is 11.6 Å². The maximum absolute atomic E-state index is 10.5. The molecule has 0 fully saturated rings. The maximum atomic E-state index is 10.5. The van der Waals surface area contributed by atoms with Crippen molar-refractivity contribution >= 4 is 5.97 Å². The fourth-order valence-electron chi connectivity index (χ4n) is 1.23. The Labute approximate surface area is 87.3 Å². The lowest BCUT2D eigenvalue weighted by Crippen LogP contribution is -1.98. The predicted octanol–water partition coefficient (Wildman–Crippen LogP) is 3.47. The average molecular weight is 198 g/mol. The van der Waals surface area contributed by atoms with Crippen LogP contribution < -0.4 is 0 Å². The van der Waals surface area contributed by atoms with Gasteiger partial charge >= 0.3 is 5.97 Å². The van der Waals surface area contributed by atoms with Crippen LogP contribution in [0.1, 0.15) is 52.9 Å². The Balaban J connectivity index is 3.42. The van der Waals surface area contributed by atoms with E-state index in [0.29, 0.717) is 6.61 Å². The molecule has 0 unspecified atom stereocenters. The summed E-state index contributed by atoms with van der Waals surface area (Å²) >= 11 is 0. The zero-order chi connectivity index (χ0) is 10.8. The molecule has 0 heterocycles. The van der Waals surface area contributed by atoms with E-state index in [1.807, 2.05) is 6.08 Å². The molecule has 82 valence electrons. The zero-order valence-corrected chi connectivity index (χ0v) is 9.64. The minimum Gasteiger partial charge on any atom is -0.462 e. The molecule has 2 nitrogen and oxygen atoms in total. The molecule has 0 aromatic carbocycles. The van der Waals surface area contributed by atoms with Crippen molar-refractivity contribution in [3.8, 4) is 0 Å². The summed E-state index contributed by atoms with van der Waals surface area (Å²) < 4.78 is 4.82. The van der Waals surface area contributed by atoms with Crippen LogP contribution in [0.15, 0.2) is 11.6 Å². The topological polar surface area (TPSA) is 26.3 Å². The molecule has 0 bridgehead atoms. The van der Waals surface area contributed by atoms with Crippen LogP contribution in [0.2, 0.25) is 0 Å². The lowest BCUT2D eigenvalue weighted by Gasteiger charge is -2.01. The molecule has 0 aliphatic heterocycles. The molecule has 0 aliphatic rings. The van der Waals surface area contributed by atoms with Crippen LogP contribution in [0.4, 0.5) is 0 Å². The van der Waals surface area contributed by atoms with E-state index in [1.165, 1.54) is 38.2 Å². The molecule has 0 amide bonds. The summed E-state index contributed by atoms with van der Waals surface area (Å²) in [6.45, 7) is 6.16. The Kier molecular flexibility index (Phi) is 8.30. The van der Waals surface area contributed by atoms with Gasteiger partial charge in [-0.1, -0.05) is 31.8 Å². The van der Waals surface area contributed by atoms with Gasteiger partial charge in [-0.15, -0.1) is 0 Å². The molecule has 0 rings (SSSR count). The van der Waals surface area contributed by atoms with Crippen LogP contribution >= 0.6 is 0 Å². The zero-order valence-electron chi connectivity index (χ0n) is 9.64. The van der Waals surface area contributed by atoms with E-state index in [1.54, 1.807) is 0 Å². The van der Waals surface area contributed by atoms with Gasteiger partial charge in [0.15, 0.2) is 0 Å². The molecular weight excluding hydrogens is 176 g/mol. The SMILES string of the molecule is CCCCCC/C(C)=C/COC(C)=O. The number of ether oxygens (including phenoxy) is 1. The molecule has 0 atom stereocenters. The largest absolute Gasteiger partial charge is 0.462 e. The van der Waals surface area contributed by atoms with Crippen LogP contribution in [0, 0.1) is 0 Å². The number of rotatable bonds is 7. The lowest BCUT2D eigenvalue weighted by molar-refractivity contribution is -0.139. The van der Waals surface area contributed by atoms with Gasteiger partial charge in [-0.25, -0.2) is 0 Å². The van der Waals surface area contributed by atoms with Gasteiger partial charge in [0.1, 0.15) is 6.61 Å². The fraction of sp³-hybridized carbons (Fsp3) is 0.750. The first-order valence-electron chi connectivity index (χ1n) is 5.45. The van der Waals surface area contributed by atoms with Gasteiger partial charge < -0.3 is 4.74 Å². The molecule has 2 heteroatoms. The van der Waals surface area contributed by atoms with Crippen LogP contribution in [0.5, 0.6) is 0 Å². The molecule has 14 heavy (non-hydrogen) atoms. The summed E-state index contributed by atoms with van der Waals surface area (Å²) in [7, 11) is 0. The third kappa shape index (κ3) is 9.30. The normalized spacial score (nSPS) is 11.5. The molecule has 0 spiro atoms. The van der Waals surface area contributed by atoms with Crippen molar-refractivity contribution in [1.29, 1.82) is 0 Å². The second-order valence-corrected chi connectivity index (χ2v) is 3.66. The number of carbonyl (C=O) groups excluding carboxylic acids is 1. The second kappa shape index (κ2) is 8.79. The molecule has 0 N–H and O–H groups in total. The summed E-state index contributed by atoms with van der Waals surface area (Å²) in [5, 5.41) is 0. The number of esters is 1. The Morgan fingerprint density at radius 3 is 2.50 bits per heavy atom. The molecular formula is C12H22O2. The van der Waals surface area contributed by atoms with E-state index in [4.69, 9.17) is 4.74 Å². The standard InChI is InChI=1S/C12H22O2/c1-4-5-6-7-8-11(2)9-10-14-12(3)13/h9H,4-8,10H2,1-3H3/b11-9+. The highest BCUT2D eigenvalue weighted by atomic mass is 16.5. The van der Waals surface area contributed by atoms with Crippen LogP contribution in [-0.2, 0) is 9.53 Å². The predicted molar refractivity (Wildman–Crippen MR) is 59.1 cm³/mol. The quantitative estimate of drug-likeness (QED) is 0.356. The molecule has 0 saturated carbocycles. The van der Waals surface area contributed by atoms with Crippen molar-refractivity contribution in [2.75, 3.05) is 6.61 Å². The second-order valence-electron chi connectivity index (χ2n) is 3.66. The number of hydrogen-bond donors (Lipinski definition) is 0. The monoisotopic (exact) mass is 198 g/mol. The number of carbonyl (C=O) groups is 1. The van der Waals surface area contributed by atoms with Crippen LogP contribution in [0.3, 0.4) is 0 Å². The average Bonchev–Trinajstić information content (AvgIpc) is 2.12. The van der Waals surface area contributed by atoms with Gasteiger partial charge in [-0.2, -0.15) is 0 Å². The van der Waals surface area contributed by atoms with Crippen LogP contribution in [-0.4, -0.2) is 12.6 Å². The van der Waals surface area contributed by atoms with E-state index in [0.717, 1.165) is 6.42 Å². The van der Waals surface area contributed by atoms with Crippen molar-refractivity contribution in [3.63, 3.8) is 0 Å². The summed E-state index contributed by atoms with van der Waals surface area (Å²) in [4.78, 5) is 10.5. The van der Waals surface area contributed by atoms with Gasteiger partial charge in [0, 0.05) is 6.92 Å². The Morgan fingerprint density at radius 1 is 1.21 bits per heavy atom. The first-order valence-corrected chi connectivity index (χ1v) is 5.45. The maximum Gasteiger partial charge on any atom is 0.302 e. The molecule has 0 radical (unpaired) electrons. The summed E-state index contributed by atoms with van der Waals surface area (Å²) in [6.07, 6.45) is 8.26. The first kappa shape index (κ1) is 13.2. The third-order valence-corrected chi connectivity index (χ3v) is 2.14. The van der Waals surface area contributed by atoms with Crippen molar-refractivity contribution in [2.45, 2.75) is 52.9 Å². The highest BCUT2D eigenvalue weighted by Crippen LogP contribution is 2.09. The van der Waals surface area contributed by atoms with Gasteiger partial charge in [0.05, 0.1) is 0 Å². The Morgan fingerprint density at radius 2 is 1.93 bits per heavy atom. The first-order chi connectivity index (χ1) is 6.66. The number of hydrogen-bond acceptors (Lipinski definition) is 2. The number of allylic oxidation sites excluding steroid dienone is 1. The van der Waals surface area contributed by atoms with Crippen molar-refractivity contribution in [1.82, 2.24) is 0 Å². The minimum atomic E-state index is -0.208. The lowest BCUT2D eigenvalue weighted by atomic mass is 10.1. The van der Waals surface area contributed by atoms with Crippen molar-refractivity contribution < 1.29 is 9.53 Å². The smallest absolute Gasteiger partial charge is 0.302 e. The summed E-state index contributed by atoms with van der Waals surface area (Å²) in [6, 6.07) is 0. The Hall–Kier alpha value is -0.790. The van der Waals surface area contributed by atoms with E-state index >= 15 is 0 Å². The van der Waals surface area contributed by atoms with Crippen molar-refractivity contribution in [2.24, 2.45) is 0 Å². The van der Waals surface area contributed by atoms with E-state index in [-0.39, 0.29) is 5.97 Å². The molecule has 0 aromatic rings. The molecule has 0 aromatic heterocycles. The summed E-state index contributed by atoms with van der Waals surface area (Å²) in [5.74, 6) is -0.208. The highest BCUT2D eigenvalue weighted by Gasteiger charge is 1.92. The number of unbranched alkanes of at least 4 members (excludes halogenated alkanes) is 3. The Bertz CT molecular complexity index is 183. The van der Waals surface area contributed by atoms with Gasteiger partial charge in [0.25, 0.3) is 0 Å². The van der Waals surface area contributed by atoms with Crippen LogP contribution in [0.25, 0.3) is 0 Å². The summed E-state index contributed by atoms with van der Waals surface area (Å²) in [5.41, 5.74) is 1.32. The van der Waals surface area contributed by atoms with E-state index in [2.05, 4.69) is 13.8 Å². The minimum absolute atomic E-state index is 0.208. The van der Waals surface area contributed by atoms with E-state index in [9.17, 15) is 4.79 Å². The van der Waals surface area contributed by atoms with Gasteiger partial charge in [0.2, 0.25) is 0 Å². The van der Waals surface area contributed by atoms with Gasteiger partial charge in [-0.05, 0) is 25.8 Å². The highest BCUT2D eigenvalue weighted by molar-refractivity contribution is 5.66. The molecule has 0 saturated heterocycles.